The van der Waals surface area contributed by atoms with Crippen LogP contribution in [0, 0.1) is 0 Å². The molecule has 1 saturated carbocycles. The van der Waals surface area contributed by atoms with Crippen LogP contribution in [0.25, 0.3) is 0 Å². The molecule has 0 radical (unpaired) electrons. The van der Waals surface area contributed by atoms with Gasteiger partial charge in [-0.1, -0.05) is 6.92 Å². The van der Waals surface area contributed by atoms with Crippen molar-refractivity contribution in [1.82, 2.24) is 4.90 Å². The summed E-state index contributed by atoms with van der Waals surface area (Å²) in [6, 6.07) is 5.69. The Kier molecular flexibility index (Phi) is 4.06. The molecule has 1 aromatic rings. The van der Waals surface area contributed by atoms with Crippen LogP contribution in [0.15, 0.2) is 15.9 Å². The van der Waals surface area contributed by atoms with Gasteiger partial charge in [-0.2, -0.15) is 0 Å². The average Bonchev–Trinajstić information content (AvgIpc) is 3.03. The number of thiophene rings is 1. The van der Waals surface area contributed by atoms with Crippen LogP contribution in [0.4, 0.5) is 0 Å². The van der Waals surface area contributed by atoms with Crippen LogP contribution in [-0.4, -0.2) is 24.0 Å². The van der Waals surface area contributed by atoms with Gasteiger partial charge < -0.3 is 5.73 Å². The molecule has 1 aromatic heterocycles. The molecule has 1 aliphatic rings. The van der Waals surface area contributed by atoms with Crippen molar-refractivity contribution in [2.24, 2.45) is 5.73 Å². The van der Waals surface area contributed by atoms with Crippen molar-refractivity contribution in [3.63, 3.8) is 0 Å². The molecule has 2 nitrogen and oxygen atoms in total. The van der Waals surface area contributed by atoms with Crippen LogP contribution in [-0.2, 0) is 0 Å². The van der Waals surface area contributed by atoms with E-state index in [2.05, 4.69) is 46.9 Å². The summed E-state index contributed by atoms with van der Waals surface area (Å²) in [6.07, 6.45) is 3.68. The van der Waals surface area contributed by atoms with Gasteiger partial charge in [0, 0.05) is 17.0 Å². The van der Waals surface area contributed by atoms with Crippen LogP contribution in [0.2, 0.25) is 0 Å². The molecule has 0 aliphatic heterocycles. The number of rotatable bonds is 5. The highest BCUT2D eigenvalue weighted by atomic mass is 79.9. The Morgan fingerprint density at radius 2 is 2.25 bits per heavy atom. The fourth-order valence-corrected chi connectivity index (χ4v) is 3.79. The third-order valence-electron chi connectivity index (χ3n) is 3.32. The molecule has 90 valence electrons. The normalized spacial score (nSPS) is 20.1. The zero-order chi connectivity index (χ0) is 11.7. The minimum absolute atomic E-state index is 0.233. The molecule has 0 bridgehead atoms. The first-order valence-corrected chi connectivity index (χ1v) is 7.47. The second-order valence-corrected chi connectivity index (χ2v) is 7.05. The molecule has 1 heterocycles. The molecule has 1 aliphatic carbocycles. The van der Waals surface area contributed by atoms with Gasteiger partial charge in [0.05, 0.1) is 9.83 Å². The summed E-state index contributed by atoms with van der Waals surface area (Å²) < 4.78 is 1.19. The first-order valence-electron chi connectivity index (χ1n) is 5.86. The first kappa shape index (κ1) is 12.6. The molecule has 2 unspecified atom stereocenters. The molecule has 4 heteroatoms. The van der Waals surface area contributed by atoms with Crippen molar-refractivity contribution < 1.29 is 0 Å². The minimum Gasteiger partial charge on any atom is -0.326 e. The average molecular weight is 303 g/mol. The maximum Gasteiger partial charge on any atom is 0.0702 e. The van der Waals surface area contributed by atoms with Gasteiger partial charge in [0.25, 0.3) is 0 Å². The molecular weight excluding hydrogens is 284 g/mol. The molecule has 2 rings (SSSR count). The highest BCUT2D eigenvalue weighted by molar-refractivity contribution is 9.11. The molecular formula is C12H19BrN2S. The van der Waals surface area contributed by atoms with Crippen molar-refractivity contribution in [3.05, 3.63) is 20.8 Å². The molecule has 2 N–H and O–H groups in total. The van der Waals surface area contributed by atoms with E-state index in [1.54, 1.807) is 0 Å². The predicted octanol–water partition coefficient (Wildman–Crippen LogP) is 3.38. The lowest BCUT2D eigenvalue weighted by Gasteiger charge is -2.31. The predicted molar refractivity (Wildman–Crippen MR) is 73.8 cm³/mol. The summed E-state index contributed by atoms with van der Waals surface area (Å²) in [7, 11) is 2.21. The smallest absolute Gasteiger partial charge is 0.0702 e. The fraction of sp³-hybridized carbons (Fsp3) is 0.667. The van der Waals surface area contributed by atoms with E-state index in [4.69, 9.17) is 5.73 Å². The SMILES string of the molecule is CCC(N)C(c1ccc(Br)s1)N(C)C1CC1. The van der Waals surface area contributed by atoms with E-state index in [0.717, 1.165) is 12.5 Å². The van der Waals surface area contributed by atoms with Crippen LogP contribution in [0.1, 0.15) is 37.1 Å². The topological polar surface area (TPSA) is 29.3 Å². The van der Waals surface area contributed by atoms with Gasteiger partial charge in [-0.3, -0.25) is 4.90 Å². The van der Waals surface area contributed by atoms with Crippen molar-refractivity contribution >= 4 is 27.3 Å². The Balaban J connectivity index is 2.19. The van der Waals surface area contributed by atoms with Crippen LogP contribution in [0.3, 0.4) is 0 Å². The third-order valence-corrected chi connectivity index (χ3v) is 5.02. The second-order valence-electron chi connectivity index (χ2n) is 4.56. The van der Waals surface area contributed by atoms with Gasteiger partial charge >= 0.3 is 0 Å². The van der Waals surface area contributed by atoms with E-state index in [1.807, 2.05) is 11.3 Å². The molecule has 2 atom stereocenters. The number of hydrogen-bond acceptors (Lipinski definition) is 3. The number of hydrogen-bond donors (Lipinski definition) is 1. The van der Waals surface area contributed by atoms with Crippen LogP contribution < -0.4 is 5.73 Å². The Labute approximate surface area is 110 Å². The molecule has 0 spiro atoms. The van der Waals surface area contributed by atoms with Crippen molar-refractivity contribution in [1.29, 1.82) is 0 Å². The van der Waals surface area contributed by atoms with Gasteiger partial charge in [-0.15, -0.1) is 11.3 Å². The van der Waals surface area contributed by atoms with Gasteiger partial charge in [0.1, 0.15) is 0 Å². The summed E-state index contributed by atoms with van der Waals surface area (Å²) in [5.41, 5.74) is 6.27. The van der Waals surface area contributed by atoms with E-state index in [0.29, 0.717) is 6.04 Å². The Hall–Kier alpha value is 0.1000. The monoisotopic (exact) mass is 302 g/mol. The highest BCUT2D eigenvalue weighted by Crippen LogP contribution is 2.38. The van der Waals surface area contributed by atoms with Crippen molar-refractivity contribution in [3.8, 4) is 0 Å². The largest absolute Gasteiger partial charge is 0.326 e. The lowest BCUT2D eigenvalue weighted by Crippen LogP contribution is -2.39. The number of likely N-dealkylation sites (N-methyl/N-ethyl adjacent to an activating group) is 1. The Bertz CT molecular complexity index is 349. The maximum absolute atomic E-state index is 6.27. The number of halogens is 1. The zero-order valence-electron chi connectivity index (χ0n) is 9.82. The van der Waals surface area contributed by atoms with Crippen molar-refractivity contribution in [2.45, 2.75) is 44.3 Å². The summed E-state index contributed by atoms with van der Waals surface area (Å²) in [6.45, 7) is 2.17. The molecule has 1 fully saturated rings. The lowest BCUT2D eigenvalue weighted by atomic mass is 10.0. The summed E-state index contributed by atoms with van der Waals surface area (Å²) in [4.78, 5) is 3.85. The number of nitrogens with zero attached hydrogens (tertiary/aromatic N) is 1. The maximum atomic E-state index is 6.27. The van der Waals surface area contributed by atoms with Gasteiger partial charge in [-0.25, -0.2) is 0 Å². The highest BCUT2D eigenvalue weighted by Gasteiger charge is 2.34. The standard InChI is InChI=1S/C12H19BrN2S/c1-3-9(14)12(15(2)8-4-5-8)10-6-7-11(13)16-10/h6-9,12H,3-5,14H2,1-2H3. The third kappa shape index (κ3) is 2.67. The van der Waals surface area contributed by atoms with E-state index >= 15 is 0 Å². The van der Waals surface area contributed by atoms with E-state index < -0.39 is 0 Å². The number of nitrogens with two attached hydrogens (primary N) is 1. The van der Waals surface area contributed by atoms with Gasteiger partial charge in [-0.05, 0) is 54.4 Å². The van der Waals surface area contributed by atoms with Crippen LogP contribution >= 0.6 is 27.3 Å². The van der Waals surface area contributed by atoms with E-state index in [1.165, 1.54) is 21.5 Å². The Morgan fingerprint density at radius 1 is 1.56 bits per heavy atom. The summed E-state index contributed by atoms with van der Waals surface area (Å²) >= 11 is 5.34. The summed E-state index contributed by atoms with van der Waals surface area (Å²) in [5.74, 6) is 0. The van der Waals surface area contributed by atoms with Gasteiger partial charge in [0.2, 0.25) is 0 Å². The van der Waals surface area contributed by atoms with Crippen molar-refractivity contribution in [2.75, 3.05) is 7.05 Å². The minimum atomic E-state index is 0.233. The fourth-order valence-electron chi connectivity index (χ4n) is 2.13. The first-order chi connectivity index (χ1) is 7.63. The molecule has 0 saturated heterocycles. The zero-order valence-corrected chi connectivity index (χ0v) is 12.2. The lowest BCUT2D eigenvalue weighted by molar-refractivity contribution is 0.203. The van der Waals surface area contributed by atoms with Gasteiger partial charge in [0.15, 0.2) is 0 Å². The second kappa shape index (κ2) is 5.17. The molecule has 0 aromatic carbocycles. The Morgan fingerprint density at radius 3 is 2.69 bits per heavy atom. The summed E-state index contributed by atoms with van der Waals surface area (Å²) in [5, 5.41) is 0. The van der Waals surface area contributed by atoms with E-state index in [-0.39, 0.29) is 6.04 Å². The molecule has 16 heavy (non-hydrogen) atoms. The van der Waals surface area contributed by atoms with E-state index in [9.17, 15) is 0 Å². The van der Waals surface area contributed by atoms with Crippen LogP contribution in [0.5, 0.6) is 0 Å². The quantitative estimate of drug-likeness (QED) is 0.903. The molecule has 0 amide bonds.